The van der Waals surface area contributed by atoms with Gasteiger partial charge in [-0.3, -0.25) is 4.79 Å². The maximum absolute atomic E-state index is 13.1. The summed E-state index contributed by atoms with van der Waals surface area (Å²) in [7, 11) is 0. The van der Waals surface area contributed by atoms with Gasteiger partial charge in [0.15, 0.2) is 0 Å². The Balaban J connectivity index is 1.36. The van der Waals surface area contributed by atoms with Gasteiger partial charge < -0.3 is 19.8 Å². The van der Waals surface area contributed by atoms with Crippen LogP contribution >= 0.6 is 0 Å². The fourth-order valence-electron chi connectivity index (χ4n) is 4.95. The van der Waals surface area contributed by atoms with E-state index in [0.29, 0.717) is 31.5 Å². The molecule has 5 heteroatoms. The highest BCUT2D eigenvalue weighted by molar-refractivity contribution is 5.95. The first-order valence-corrected chi connectivity index (χ1v) is 10.1. The van der Waals surface area contributed by atoms with Crippen LogP contribution in [0.4, 0.5) is 0 Å². The van der Waals surface area contributed by atoms with Gasteiger partial charge in [-0.15, -0.1) is 0 Å². The molecule has 2 fully saturated rings. The Labute approximate surface area is 164 Å². The summed E-state index contributed by atoms with van der Waals surface area (Å²) in [5.74, 6) is 1.55. The van der Waals surface area contributed by atoms with Crippen LogP contribution in [-0.4, -0.2) is 52.9 Å². The van der Waals surface area contributed by atoms with Gasteiger partial charge in [0, 0.05) is 25.1 Å². The third kappa shape index (κ3) is 3.09. The number of carbonyl (C=O) groups excluding carboxylic acids is 1. The third-order valence-corrected chi connectivity index (χ3v) is 6.53. The van der Waals surface area contributed by atoms with Gasteiger partial charge in [0.05, 0.1) is 18.8 Å². The Hall–Kier alpha value is -2.37. The summed E-state index contributed by atoms with van der Waals surface area (Å²) in [6, 6.07) is 14.0. The topological polar surface area (TPSA) is 70.0 Å². The number of aliphatic hydroxyl groups excluding tert-OH is 2. The lowest BCUT2D eigenvalue weighted by Crippen LogP contribution is -2.38. The lowest BCUT2D eigenvalue weighted by atomic mass is 9.79. The number of hydrogen-bond donors (Lipinski definition) is 2. The molecule has 0 radical (unpaired) electrons. The number of hydrogen-bond acceptors (Lipinski definition) is 4. The van der Waals surface area contributed by atoms with Gasteiger partial charge in [-0.2, -0.15) is 0 Å². The van der Waals surface area contributed by atoms with E-state index >= 15 is 0 Å². The highest BCUT2D eigenvalue weighted by atomic mass is 16.5. The van der Waals surface area contributed by atoms with Gasteiger partial charge in [0.1, 0.15) is 5.75 Å². The average molecular weight is 379 g/mol. The predicted octanol–water partition coefficient (Wildman–Crippen LogP) is 2.49. The smallest absolute Gasteiger partial charge is 0.253 e. The molecule has 2 N–H and O–H groups in total. The number of carbonyl (C=O) groups is 1. The zero-order valence-corrected chi connectivity index (χ0v) is 15.8. The van der Waals surface area contributed by atoms with Crippen LogP contribution in [0, 0.1) is 11.8 Å². The van der Waals surface area contributed by atoms with Gasteiger partial charge >= 0.3 is 0 Å². The second kappa shape index (κ2) is 6.90. The van der Waals surface area contributed by atoms with Crippen LogP contribution in [0.1, 0.15) is 28.8 Å². The van der Waals surface area contributed by atoms with Crippen LogP contribution < -0.4 is 4.74 Å². The Morgan fingerprint density at radius 3 is 2.43 bits per heavy atom. The quantitative estimate of drug-likeness (QED) is 0.841. The largest absolute Gasteiger partial charge is 0.493 e. The van der Waals surface area contributed by atoms with Gasteiger partial charge in [0.25, 0.3) is 5.91 Å². The van der Waals surface area contributed by atoms with E-state index < -0.39 is 12.2 Å². The fourth-order valence-corrected chi connectivity index (χ4v) is 4.95. The molecule has 2 aromatic rings. The summed E-state index contributed by atoms with van der Waals surface area (Å²) in [6.45, 7) is 2.05. The first-order chi connectivity index (χ1) is 13.6. The van der Waals surface area contributed by atoms with Crippen molar-refractivity contribution in [3.8, 4) is 16.9 Å². The Morgan fingerprint density at radius 2 is 1.68 bits per heavy atom. The van der Waals surface area contributed by atoms with Crippen molar-refractivity contribution in [1.29, 1.82) is 0 Å². The Morgan fingerprint density at radius 1 is 0.964 bits per heavy atom. The molecule has 0 spiro atoms. The predicted molar refractivity (Wildman–Crippen MR) is 105 cm³/mol. The van der Waals surface area contributed by atoms with Crippen LogP contribution in [0.15, 0.2) is 42.5 Å². The van der Waals surface area contributed by atoms with E-state index in [0.717, 1.165) is 29.9 Å². The maximum atomic E-state index is 13.1. The first-order valence-electron chi connectivity index (χ1n) is 10.1. The summed E-state index contributed by atoms with van der Waals surface area (Å²) >= 11 is 0. The van der Waals surface area contributed by atoms with Crippen molar-refractivity contribution in [2.75, 3.05) is 19.7 Å². The molecule has 5 rings (SSSR count). The summed E-state index contributed by atoms with van der Waals surface area (Å²) in [5.41, 5.74) is 4.03. The molecule has 2 heterocycles. The monoisotopic (exact) mass is 379 g/mol. The molecule has 2 aliphatic heterocycles. The number of rotatable bonds is 2. The van der Waals surface area contributed by atoms with Crippen molar-refractivity contribution < 1.29 is 19.7 Å². The highest BCUT2D eigenvalue weighted by Crippen LogP contribution is 2.37. The van der Waals surface area contributed by atoms with Crippen molar-refractivity contribution in [3.63, 3.8) is 0 Å². The number of amides is 1. The molecule has 4 atom stereocenters. The van der Waals surface area contributed by atoms with Gasteiger partial charge in [-0.05, 0) is 65.6 Å². The second-order valence-corrected chi connectivity index (χ2v) is 8.34. The number of benzene rings is 2. The van der Waals surface area contributed by atoms with Crippen molar-refractivity contribution in [2.24, 2.45) is 11.8 Å². The third-order valence-electron chi connectivity index (χ3n) is 6.53. The summed E-state index contributed by atoms with van der Waals surface area (Å²) in [4.78, 5) is 15.0. The molecule has 0 aromatic heterocycles. The molecule has 1 amide bonds. The second-order valence-electron chi connectivity index (χ2n) is 8.34. The average Bonchev–Trinajstić information content (AvgIpc) is 3.34. The van der Waals surface area contributed by atoms with Crippen LogP contribution in [0.25, 0.3) is 11.1 Å². The van der Waals surface area contributed by atoms with Gasteiger partial charge in [-0.1, -0.05) is 18.2 Å². The molecule has 2 aromatic carbocycles. The minimum Gasteiger partial charge on any atom is -0.493 e. The van der Waals surface area contributed by atoms with Crippen LogP contribution in [0.2, 0.25) is 0 Å². The minimum absolute atomic E-state index is 0.0322. The van der Waals surface area contributed by atoms with Crippen LogP contribution in [0.3, 0.4) is 0 Å². The van der Waals surface area contributed by atoms with Crippen LogP contribution in [-0.2, 0) is 6.42 Å². The molecule has 1 saturated heterocycles. The molecule has 5 nitrogen and oxygen atoms in total. The highest BCUT2D eigenvalue weighted by Gasteiger charge is 2.42. The van der Waals surface area contributed by atoms with Crippen LogP contribution in [0.5, 0.6) is 5.75 Å². The molecule has 3 aliphatic rings. The van der Waals surface area contributed by atoms with Crippen molar-refractivity contribution in [1.82, 2.24) is 4.90 Å². The molecule has 0 bridgehead atoms. The van der Waals surface area contributed by atoms with Crippen molar-refractivity contribution >= 4 is 5.91 Å². The lowest BCUT2D eigenvalue weighted by Gasteiger charge is -2.31. The lowest BCUT2D eigenvalue weighted by molar-refractivity contribution is -0.0372. The SMILES string of the molecule is O=C(c1cccc(-c2ccc3c(c2)CCO3)c1)N1C[C@H]2C[C@H](O)[C@H](O)C[C@H]2C1. The maximum Gasteiger partial charge on any atom is 0.253 e. The molecular weight excluding hydrogens is 354 g/mol. The molecule has 1 aliphatic carbocycles. The molecule has 0 unspecified atom stereocenters. The Kier molecular flexibility index (Phi) is 4.37. The number of fused-ring (bicyclic) bond motifs is 2. The van der Waals surface area contributed by atoms with E-state index in [-0.39, 0.29) is 17.7 Å². The Bertz CT molecular complexity index is 893. The minimum atomic E-state index is -0.664. The summed E-state index contributed by atoms with van der Waals surface area (Å²) in [6.07, 6.45) is 0.752. The summed E-state index contributed by atoms with van der Waals surface area (Å²) < 4.78 is 5.58. The molecule has 28 heavy (non-hydrogen) atoms. The number of nitrogens with zero attached hydrogens (tertiary/aromatic N) is 1. The number of likely N-dealkylation sites (tertiary alicyclic amines) is 1. The zero-order valence-electron chi connectivity index (χ0n) is 15.8. The van der Waals surface area contributed by atoms with E-state index in [2.05, 4.69) is 6.07 Å². The van der Waals surface area contributed by atoms with Gasteiger partial charge in [0.2, 0.25) is 0 Å². The fraction of sp³-hybridized carbons (Fsp3) is 0.435. The van der Waals surface area contributed by atoms with E-state index in [1.165, 1.54) is 5.56 Å². The normalized spacial score (nSPS) is 28.6. The number of ether oxygens (including phenoxy) is 1. The summed E-state index contributed by atoms with van der Waals surface area (Å²) in [5, 5.41) is 19.9. The van der Waals surface area contributed by atoms with Crippen molar-refractivity contribution in [3.05, 3.63) is 53.6 Å². The molecular formula is C23H25NO4. The van der Waals surface area contributed by atoms with E-state index in [1.807, 2.05) is 41.3 Å². The van der Waals surface area contributed by atoms with E-state index in [1.54, 1.807) is 0 Å². The van der Waals surface area contributed by atoms with E-state index in [9.17, 15) is 15.0 Å². The standard InChI is InChI=1S/C23H25NO4/c25-20-10-18-12-24(13-19(18)11-21(20)26)23(27)17-3-1-2-14(9-17)15-4-5-22-16(8-15)6-7-28-22/h1-5,8-9,18-21,25-26H,6-7,10-13H2/t18-,19+,20+,21-. The number of aliphatic hydroxyl groups is 2. The molecule has 146 valence electrons. The zero-order chi connectivity index (χ0) is 19.3. The molecule has 1 saturated carbocycles. The first kappa shape index (κ1) is 17.7. The van der Waals surface area contributed by atoms with E-state index in [4.69, 9.17) is 4.74 Å². The van der Waals surface area contributed by atoms with Gasteiger partial charge in [-0.25, -0.2) is 0 Å². The van der Waals surface area contributed by atoms with Crippen molar-refractivity contribution in [2.45, 2.75) is 31.5 Å².